The lowest BCUT2D eigenvalue weighted by molar-refractivity contribution is 0.0113. The minimum absolute atomic E-state index is 0.112. The van der Waals surface area contributed by atoms with Gasteiger partial charge in [0.05, 0.1) is 17.4 Å². The molecule has 0 radical (unpaired) electrons. The van der Waals surface area contributed by atoms with E-state index >= 15 is 0 Å². The van der Waals surface area contributed by atoms with Crippen molar-refractivity contribution in [2.75, 3.05) is 19.6 Å². The molecule has 1 aromatic carbocycles. The molecular weight excluding hydrogens is 304 g/mol. The number of nitrogens with zero attached hydrogens (tertiary/aromatic N) is 2. The summed E-state index contributed by atoms with van der Waals surface area (Å²) in [5, 5.41) is 10.8. The summed E-state index contributed by atoms with van der Waals surface area (Å²) in [7, 11) is 0. The highest BCUT2D eigenvalue weighted by Gasteiger charge is 2.32. The van der Waals surface area contributed by atoms with Crippen LogP contribution < -0.4 is 5.32 Å². The summed E-state index contributed by atoms with van der Waals surface area (Å²) in [4.78, 5) is 14.3. The van der Waals surface area contributed by atoms with Crippen LogP contribution in [0.5, 0.6) is 0 Å². The van der Waals surface area contributed by atoms with Crippen LogP contribution in [0.15, 0.2) is 36.4 Å². The van der Waals surface area contributed by atoms with Crippen LogP contribution >= 0.6 is 0 Å². The summed E-state index contributed by atoms with van der Waals surface area (Å²) in [5.41, 5.74) is 2.33. The Kier molecular flexibility index (Phi) is 4.57. The van der Waals surface area contributed by atoms with Gasteiger partial charge in [0.1, 0.15) is 5.60 Å². The van der Waals surface area contributed by atoms with E-state index in [1.54, 1.807) is 4.90 Å². The molecule has 6 heteroatoms. The van der Waals surface area contributed by atoms with Crippen molar-refractivity contribution in [3.8, 4) is 11.3 Å². The largest absolute Gasteiger partial charge is 0.444 e. The van der Waals surface area contributed by atoms with Gasteiger partial charge in [-0.15, -0.1) is 0 Å². The van der Waals surface area contributed by atoms with Crippen LogP contribution in [0.3, 0.4) is 0 Å². The number of rotatable bonds is 2. The molecule has 1 saturated heterocycles. The predicted molar refractivity (Wildman–Crippen MR) is 92.6 cm³/mol. The topological polar surface area (TPSA) is 70.2 Å². The molecule has 1 aromatic heterocycles. The highest BCUT2D eigenvalue weighted by molar-refractivity contribution is 5.69. The maximum Gasteiger partial charge on any atom is 0.410 e. The van der Waals surface area contributed by atoms with Crippen LogP contribution in [0.1, 0.15) is 32.5 Å². The van der Waals surface area contributed by atoms with Gasteiger partial charge in [-0.25, -0.2) is 4.79 Å². The van der Waals surface area contributed by atoms with Crippen LogP contribution in [0.4, 0.5) is 4.79 Å². The summed E-state index contributed by atoms with van der Waals surface area (Å²) in [5.74, 6) is 0. The minimum Gasteiger partial charge on any atom is -0.444 e. The minimum atomic E-state index is -0.504. The van der Waals surface area contributed by atoms with Gasteiger partial charge in [-0.05, 0) is 26.8 Å². The molecule has 0 aliphatic carbocycles. The Balaban J connectivity index is 1.81. The molecule has 3 rings (SSSR count). The molecule has 1 unspecified atom stereocenters. The first-order chi connectivity index (χ1) is 11.4. The zero-order valence-corrected chi connectivity index (χ0v) is 14.4. The van der Waals surface area contributed by atoms with Crippen LogP contribution in [0, 0.1) is 0 Å². The second-order valence-electron chi connectivity index (χ2n) is 6.97. The third-order valence-electron chi connectivity index (χ3n) is 3.90. The van der Waals surface area contributed by atoms with Gasteiger partial charge < -0.3 is 10.1 Å². The van der Waals surface area contributed by atoms with E-state index in [2.05, 4.69) is 15.5 Å². The number of hydrogen-bond donors (Lipinski definition) is 2. The Morgan fingerprint density at radius 1 is 1.29 bits per heavy atom. The predicted octanol–water partition coefficient (Wildman–Crippen LogP) is 2.96. The van der Waals surface area contributed by atoms with Crippen molar-refractivity contribution >= 4 is 6.09 Å². The van der Waals surface area contributed by atoms with E-state index in [1.807, 2.05) is 57.2 Å². The van der Waals surface area contributed by atoms with Crippen molar-refractivity contribution in [3.05, 3.63) is 42.1 Å². The first-order valence-electron chi connectivity index (χ1n) is 8.25. The number of amides is 1. The highest BCUT2D eigenvalue weighted by atomic mass is 16.6. The fourth-order valence-corrected chi connectivity index (χ4v) is 2.79. The van der Waals surface area contributed by atoms with Gasteiger partial charge in [0.25, 0.3) is 0 Å². The molecule has 1 atom stereocenters. The number of ether oxygens (including phenoxy) is 1. The van der Waals surface area contributed by atoms with Crippen LogP contribution in [-0.4, -0.2) is 46.4 Å². The molecule has 1 fully saturated rings. The summed E-state index contributed by atoms with van der Waals surface area (Å²) in [6, 6.07) is 11.9. The van der Waals surface area contributed by atoms with Gasteiger partial charge in [0.15, 0.2) is 0 Å². The van der Waals surface area contributed by atoms with Gasteiger partial charge in [0.2, 0.25) is 0 Å². The molecule has 24 heavy (non-hydrogen) atoms. The van der Waals surface area contributed by atoms with Gasteiger partial charge in [-0.1, -0.05) is 30.3 Å². The summed E-state index contributed by atoms with van der Waals surface area (Å²) < 4.78 is 5.55. The number of benzene rings is 1. The van der Waals surface area contributed by atoms with Gasteiger partial charge in [-0.2, -0.15) is 5.10 Å². The lowest BCUT2D eigenvalue weighted by Gasteiger charge is -2.36. The number of carbonyl (C=O) groups is 1. The number of H-pyrrole nitrogens is 1. The van der Waals surface area contributed by atoms with Crippen molar-refractivity contribution in [2.24, 2.45) is 0 Å². The number of carbonyl (C=O) groups excluding carboxylic acids is 1. The SMILES string of the molecule is CC(C)(C)OC(=O)N1CCNCC1c1cc(-c2ccccc2)n[nH]1. The number of nitrogens with one attached hydrogen (secondary N) is 2. The summed E-state index contributed by atoms with van der Waals surface area (Å²) in [6.45, 7) is 7.69. The number of aromatic amines is 1. The molecule has 6 nitrogen and oxygen atoms in total. The molecule has 1 aliphatic rings. The maximum atomic E-state index is 12.5. The Bertz CT molecular complexity index is 691. The molecule has 128 valence electrons. The van der Waals surface area contributed by atoms with Crippen LogP contribution in [0.2, 0.25) is 0 Å². The monoisotopic (exact) mass is 328 g/mol. The molecule has 1 amide bonds. The standard InChI is InChI=1S/C18H24N4O2/c1-18(2,3)24-17(23)22-10-9-19-12-16(22)15-11-14(20-21-15)13-7-5-4-6-8-13/h4-8,11,16,19H,9-10,12H2,1-3H3,(H,20,21). The van der Waals surface area contributed by atoms with E-state index in [0.717, 1.165) is 23.5 Å². The Hall–Kier alpha value is -2.34. The fraction of sp³-hybridized carbons (Fsp3) is 0.444. The Morgan fingerprint density at radius 2 is 2.04 bits per heavy atom. The first kappa shape index (κ1) is 16.5. The first-order valence-corrected chi connectivity index (χ1v) is 8.25. The lowest BCUT2D eigenvalue weighted by Crippen LogP contribution is -2.50. The highest BCUT2D eigenvalue weighted by Crippen LogP contribution is 2.26. The number of piperazine rings is 1. The van der Waals surface area contributed by atoms with Gasteiger partial charge in [0, 0.05) is 25.2 Å². The van der Waals surface area contributed by atoms with Crippen molar-refractivity contribution in [2.45, 2.75) is 32.4 Å². The van der Waals surface area contributed by atoms with E-state index in [9.17, 15) is 4.79 Å². The third-order valence-corrected chi connectivity index (χ3v) is 3.90. The van der Waals surface area contributed by atoms with Gasteiger partial charge in [-0.3, -0.25) is 10.00 Å². The fourth-order valence-electron chi connectivity index (χ4n) is 2.79. The van der Waals surface area contributed by atoms with Gasteiger partial charge >= 0.3 is 6.09 Å². The lowest BCUT2D eigenvalue weighted by atomic mass is 10.1. The van der Waals surface area contributed by atoms with Crippen molar-refractivity contribution in [1.29, 1.82) is 0 Å². The number of hydrogen-bond acceptors (Lipinski definition) is 4. The molecule has 0 saturated carbocycles. The molecule has 0 spiro atoms. The average Bonchev–Trinajstić information content (AvgIpc) is 3.04. The van der Waals surface area contributed by atoms with Crippen molar-refractivity contribution in [3.63, 3.8) is 0 Å². The zero-order chi connectivity index (χ0) is 17.2. The Labute approximate surface area is 142 Å². The van der Waals surface area contributed by atoms with E-state index in [0.29, 0.717) is 13.1 Å². The second kappa shape index (κ2) is 6.65. The molecule has 1 aliphatic heterocycles. The molecule has 2 heterocycles. The molecular formula is C18H24N4O2. The Morgan fingerprint density at radius 3 is 2.75 bits per heavy atom. The number of aromatic nitrogens is 2. The smallest absolute Gasteiger partial charge is 0.410 e. The summed E-state index contributed by atoms with van der Waals surface area (Å²) >= 11 is 0. The quantitative estimate of drug-likeness (QED) is 0.889. The van der Waals surface area contributed by atoms with E-state index < -0.39 is 5.60 Å². The molecule has 2 N–H and O–H groups in total. The molecule has 0 bridgehead atoms. The third kappa shape index (κ3) is 3.76. The summed E-state index contributed by atoms with van der Waals surface area (Å²) in [6.07, 6.45) is -0.287. The molecule has 2 aromatic rings. The van der Waals surface area contributed by atoms with Crippen LogP contribution in [0.25, 0.3) is 11.3 Å². The maximum absolute atomic E-state index is 12.5. The van der Waals surface area contributed by atoms with Crippen molar-refractivity contribution < 1.29 is 9.53 Å². The van der Waals surface area contributed by atoms with E-state index in [4.69, 9.17) is 4.74 Å². The normalized spacial score (nSPS) is 18.5. The van der Waals surface area contributed by atoms with E-state index in [-0.39, 0.29) is 12.1 Å². The van der Waals surface area contributed by atoms with Crippen molar-refractivity contribution in [1.82, 2.24) is 20.4 Å². The average molecular weight is 328 g/mol. The van der Waals surface area contributed by atoms with Crippen LogP contribution in [-0.2, 0) is 4.74 Å². The zero-order valence-electron chi connectivity index (χ0n) is 14.4. The second-order valence-corrected chi connectivity index (χ2v) is 6.97. The van der Waals surface area contributed by atoms with E-state index in [1.165, 1.54) is 0 Å².